The maximum absolute atomic E-state index is 5.86. The van der Waals surface area contributed by atoms with E-state index < -0.39 is 0 Å². The second-order valence-electron chi connectivity index (χ2n) is 6.65. The quantitative estimate of drug-likeness (QED) is 0.197. The molecule has 8 N–H and O–H groups in total. The maximum atomic E-state index is 5.86. The van der Waals surface area contributed by atoms with Crippen molar-refractivity contribution in [2.75, 3.05) is 22.9 Å². The fraction of sp³-hybridized carbons (Fsp3) is 0.0769. The number of rotatable bonds is 6. The van der Waals surface area contributed by atoms with Crippen molar-refractivity contribution in [3.05, 3.63) is 0 Å². The predicted octanol–water partition coefficient (Wildman–Crippen LogP) is -2.10. The molecule has 0 aliphatic heterocycles. The van der Waals surface area contributed by atoms with Crippen LogP contribution in [0.25, 0.3) is 46.1 Å². The van der Waals surface area contributed by atoms with Crippen LogP contribution in [-0.4, -0.2) is 70.8 Å². The lowest BCUT2D eigenvalue weighted by molar-refractivity contribution is 0.309. The molecule has 6 aromatic rings. The van der Waals surface area contributed by atoms with Gasteiger partial charge in [-0.05, 0) is 41.3 Å². The smallest absolute Gasteiger partial charge is 0.208 e. The van der Waals surface area contributed by atoms with E-state index in [4.69, 9.17) is 32.2 Å². The van der Waals surface area contributed by atoms with E-state index in [1.54, 1.807) is 0 Å². The van der Waals surface area contributed by atoms with E-state index in [1.807, 2.05) is 0 Å². The standard InChI is InChI=1S/C13H10N18O4/c14-6-2(22-32-26-6)10-18-12(4-8(16)28-34-24-4)30(20-10)1-31-13(5-9(17)29-35-25-5)19-11(21-31)3-7(15)27-33-23-3/h1H2,(H2,14,26)(H2,15,27)(H2,16,28)(H2,17,29). The highest BCUT2D eigenvalue weighted by molar-refractivity contribution is 5.69. The number of nitrogen functional groups attached to an aromatic ring is 4. The van der Waals surface area contributed by atoms with Crippen LogP contribution < -0.4 is 22.9 Å². The minimum absolute atomic E-state index is 0.0376. The molecule has 0 aliphatic carbocycles. The third-order valence-electron chi connectivity index (χ3n) is 4.51. The van der Waals surface area contributed by atoms with Crippen molar-refractivity contribution < 1.29 is 18.5 Å². The molecule has 6 heterocycles. The summed E-state index contributed by atoms with van der Waals surface area (Å²) in [4.78, 5) is 8.74. The van der Waals surface area contributed by atoms with E-state index in [1.165, 1.54) is 9.36 Å². The molecule has 6 aromatic heterocycles. The van der Waals surface area contributed by atoms with Gasteiger partial charge in [0.25, 0.3) is 0 Å². The second-order valence-corrected chi connectivity index (χ2v) is 6.65. The van der Waals surface area contributed by atoms with E-state index in [2.05, 4.69) is 70.7 Å². The number of nitrogens with two attached hydrogens (primary N) is 4. The van der Waals surface area contributed by atoms with Crippen molar-refractivity contribution in [2.24, 2.45) is 0 Å². The first kappa shape index (κ1) is 19.7. The Hall–Kier alpha value is -5.96. The lowest BCUT2D eigenvalue weighted by Crippen LogP contribution is -2.14. The highest BCUT2D eigenvalue weighted by Gasteiger charge is 2.27. The average Bonchev–Trinajstić information content (AvgIpc) is 3.64. The van der Waals surface area contributed by atoms with Crippen LogP contribution >= 0.6 is 0 Å². The van der Waals surface area contributed by atoms with Crippen LogP contribution in [0.1, 0.15) is 0 Å². The minimum Gasteiger partial charge on any atom is -0.379 e. The van der Waals surface area contributed by atoms with Gasteiger partial charge in [0.05, 0.1) is 0 Å². The molecule has 0 aliphatic rings. The monoisotopic (exact) mass is 482 g/mol. The van der Waals surface area contributed by atoms with Gasteiger partial charge in [0.2, 0.25) is 11.6 Å². The van der Waals surface area contributed by atoms with Crippen LogP contribution in [-0.2, 0) is 6.67 Å². The molecular formula is C13H10N18O4. The molecule has 0 saturated carbocycles. The van der Waals surface area contributed by atoms with Crippen molar-refractivity contribution >= 4 is 23.3 Å². The summed E-state index contributed by atoms with van der Waals surface area (Å²) in [5.74, 6) is 0.102. The zero-order valence-electron chi connectivity index (χ0n) is 16.9. The molecule has 0 spiro atoms. The highest BCUT2D eigenvalue weighted by atomic mass is 16.6. The number of nitrogens with zero attached hydrogens (tertiary/aromatic N) is 14. The molecule has 0 radical (unpaired) electrons. The van der Waals surface area contributed by atoms with Gasteiger partial charge in [-0.2, -0.15) is 0 Å². The summed E-state index contributed by atoms with van der Waals surface area (Å²) >= 11 is 0. The summed E-state index contributed by atoms with van der Waals surface area (Å²) < 4.78 is 21.3. The fourth-order valence-corrected chi connectivity index (χ4v) is 2.96. The predicted molar refractivity (Wildman–Crippen MR) is 106 cm³/mol. The van der Waals surface area contributed by atoms with Crippen LogP contribution in [0.4, 0.5) is 23.3 Å². The van der Waals surface area contributed by atoms with Gasteiger partial charge in [-0.1, -0.05) is 0 Å². The molecule has 0 bridgehead atoms. The first-order chi connectivity index (χ1) is 17.0. The molecule has 22 nitrogen and oxygen atoms in total. The van der Waals surface area contributed by atoms with E-state index in [9.17, 15) is 0 Å². The summed E-state index contributed by atoms with van der Waals surface area (Å²) in [6, 6.07) is 0. The van der Waals surface area contributed by atoms with Gasteiger partial charge in [0.15, 0.2) is 57.7 Å². The Morgan fingerprint density at radius 3 is 1.14 bits per heavy atom. The zero-order chi connectivity index (χ0) is 24.1. The van der Waals surface area contributed by atoms with Crippen molar-refractivity contribution in [3.8, 4) is 46.1 Å². The van der Waals surface area contributed by atoms with Crippen LogP contribution in [0.5, 0.6) is 0 Å². The number of hydrogen-bond donors (Lipinski definition) is 4. The Bertz CT molecular complexity index is 1530. The largest absolute Gasteiger partial charge is 0.379 e. The van der Waals surface area contributed by atoms with E-state index in [0.717, 1.165) is 0 Å². The van der Waals surface area contributed by atoms with Crippen molar-refractivity contribution in [1.82, 2.24) is 70.8 Å². The Balaban J connectivity index is 1.51. The molecule has 0 unspecified atom stereocenters. The van der Waals surface area contributed by atoms with Gasteiger partial charge in [0.1, 0.15) is 6.67 Å². The van der Waals surface area contributed by atoms with Gasteiger partial charge >= 0.3 is 0 Å². The molecule has 0 amide bonds. The van der Waals surface area contributed by atoms with Crippen molar-refractivity contribution in [1.29, 1.82) is 0 Å². The Labute approximate surface area is 189 Å². The fourth-order valence-electron chi connectivity index (χ4n) is 2.96. The lowest BCUT2D eigenvalue weighted by atomic mass is 10.4. The van der Waals surface area contributed by atoms with Gasteiger partial charge in [0, 0.05) is 0 Å². The second kappa shape index (κ2) is 7.29. The summed E-state index contributed by atoms with van der Waals surface area (Å²) in [6.45, 7) is -0.167. The molecule has 176 valence electrons. The van der Waals surface area contributed by atoms with Gasteiger partial charge in [-0.3, -0.25) is 0 Å². The summed E-state index contributed by atoms with van der Waals surface area (Å²) in [5, 5.41) is 37.9. The number of aromatic nitrogens is 14. The SMILES string of the molecule is Nc1nonc1-c1nc(-c2nonc2N)n(Cn2nc(-c3nonc3N)nc2-c2nonc2N)n1. The molecule has 6 rings (SSSR count). The topological polar surface area (TPSA) is 321 Å². The average molecular weight is 482 g/mol. The Morgan fingerprint density at radius 1 is 0.486 bits per heavy atom. The number of anilines is 4. The van der Waals surface area contributed by atoms with E-state index >= 15 is 0 Å². The molecular weight excluding hydrogens is 472 g/mol. The van der Waals surface area contributed by atoms with Crippen LogP contribution in [0, 0.1) is 0 Å². The number of hydrogen-bond acceptors (Lipinski definition) is 20. The Kier molecular flexibility index (Phi) is 4.10. The third kappa shape index (κ3) is 3.12. The van der Waals surface area contributed by atoms with Gasteiger partial charge in [-0.25, -0.2) is 37.8 Å². The van der Waals surface area contributed by atoms with Crippen molar-refractivity contribution in [2.45, 2.75) is 6.67 Å². The molecule has 22 heteroatoms. The van der Waals surface area contributed by atoms with Crippen LogP contribution in [0.2, 0.25) is 0 Å². The first-order valence-corrected chi connectivity index (χ1v) is 9.23. The third-order valence-corrected chi connectivity index (χ3v) is 4.51. The maximum Gasteiger partial charge on any atom is 0.208 e. The molecule has 0 atom stereocenters. The summed E-state index contributed by atoms with van der Waals surface area (Å²) in [6.07, 6.45) is 0. The normalized spacial score (nSPS) is 11.4. The lowest BCUT2D eigenvalue weighted by Gasteiger charge is -2.06. The van der Waals surface area contributed by atoms with Crippen LogP contribution in [0.15, 0.2) is 18.5 Å². The Morgan fingerprint density at radius 2 is 0.829 bits per heavy atom. The first-order valence-electron chi connectivity index (χ1n) is 9.23. The summed E-state index contributed by atoms with van der Waals surface area (Å²) in [7, 11) is 0. The molecule has 0 aromatic carbocycles. The van der Waals surface area contributed by atoms with Crippen LogP contribution in [0.3, 0.4) is 0 Å². The van der Waals surface area contributed by atoms with E-state index in [-0.39, 0.29) is 76.0 Å². The molecule has 0 saturated heterocycles. The highest BCUT2D eigenvalue weighted by Crippen LogP contribution is 2.28. The van der Waals surface area contributed by atoms with E-state index in [0.29, 0.717) is 0 Å². The molecule has 35 heavy (non-hydrogen) atoms. The van der Waals surface area contributed by atoms with Gasteiger partial charge < -0.3 is 22.9 Å². The molecule has 0 fully saturated rings. The minimum atomic E-state index is -0.167. The van der Waals surface area contributed by atoms with Crippen molar-refractivity contribution in [3.63, 3.8) is 0 Å². The van der Waals surface area contributed by atoms with Gasteiger partial charge in [-0.15, -0.1) is 10.2 Å². The zero-order valence-corrected chi connectivity index (χ0v) is 16.9. The summed E-state index contributed by atoms with van der Waals surface area (Å²) in [5.41, 5.74) is 23.6.